The van der Waals surface area contributed by atoms with Gasteiger partial charge in [0.05, 0.1) is 46.0 Å². The molecule has 0 aromatic heterocycles. The lowest BCUT2D eigenvalue weighted by Gasteiger charge is -2.27. The summed E-state index contributed by atoms with van der Waals surface area (Å²) in [4.78, 5) is 55.2. The molecule has 0 aliphatic carbocycles. The molecule has 53 heavy (non-hydrogen) atoms. The highest BCUT2D eigenvalue weighted by atomic mass is 32.2. The molecule has 3 amide bonds. The average molecular weight is 755 g/mol. The van der Waals surface area contributed by atoms with E-state index in [0.29, 0.717) is 50.0 Å². The number of nitrogens with zero attached hydrogens (tertiary/aromatic N) is 6. The number of hydrogen-bond acceptors (Lipinski definition) is 12. The Kier molecular flexibility index (Phi) is 11.4. The molecule has 3 N–H and O–H groups in total. The van der Waals surface area contributed by atoms with Gasteiger partial charge in [0.1, 0.15) is 16.1 Å². The second-order valence-electron chi connectivity index (χ2n) is 14.0. The van der Waals surface area contributed by atoms with Crippen LogP contribution in [-0.2, 0) is 20.8 Å². The van der Waals surface area contributed by atoms with Gasteiger partial charge < -0.3 is 25.4 Å². The zero-order chi connectivity index (χ0) is 38.7. The van der Waals surface area contributed by atoms with E-state index in [9.17, 15) is 19.6 Å². The van der Waals surface area contributed by atoms with E-state index in [1.165, 1.54) is 23.5 Å². The van der Waals surface area contributed by atoms with Crippen LogP contribution < -0.4 is 16.0 Å². The number of fused-ring (bicyclic) bond motifs is 1. The zero-order valence-corrected chi connectivity index (χ0v) is 32.5. The second-order valence-corrected chi connectivity index (χ2v) is 16.0. The molecule has 0 radical (unpaired) electrons. The Hall–Kier alpha value is -5.46. The first-order chi connectivity index (χ1) is 25.0. The lowest BCUT2D eigenvalue weighted by molar-refractivity contribution is -0.122. The van der Waals surface area contributed by atoms with Crippen LogP contribution in [0.4, 0.5) is 32.3 Å². The first kappa shape index (κ1) is 38.8. The SMILES string of the molecule is CCNc1ccc(C#N)cc1N=C1SC(=C2Sc3cc(N=C(N)N(C(=O)OC(C)(C)C)C(=O)OC(C)(C)C)ccc3N2C)C(=O)N1Cc1ccccc1. The van der Waals surface area contributed by atoms with E-state index < -0.39 is 29.3 Å². The van der Waals surface area contributed by atoms with Gasteiger partial charge in [0.15, 0.2) is 5.17 Å². The van der Waals surface area contributed by atoms with Crippen LogP contribution in [0.1, 0.15) is 59.6 Å². The molecule has 276 valence electrons. The summed E-state index contributed by atoms with van der Waals surface area (Å²) in [5.74, 6) is -0.645. The molecular formula is C38H42N8O5S2. The quantitative estimate of drug-likeness (QED) is 0.141. The number of aliphatic imine (C=N–C) groups is 2. The minimum atomic E-state index is -1.03. The van der Waals surface area contributed by atoms with Crippen molar-refractivity contribution in [3.63, 3.8) is 0 Å². The number of amides is 3. The molecular weight excluding hydrogens is 713 g/mol. The van der Waals surface area contributed by atoms with Gasteiger partial charge in [-0.3, -0.25) is 9.69 Å². The number of nitrogens with two attached hydrogens (primary N) is 1. The lowest BCUT2D eigenvalue weighted by Crippen LogP contribution is -2.49. The Morgan fingerprint density at radius 2 is 1.62 bits per heavy atom. The number of carbonyl (C=O) groups is 3. The van der Waals surface area contributed by atoms with Gasteiger partial charge in [0.2, 0.25) is 5.96 Å². The highest BCUT2D eigenvalue weighted by Gasteiger charge is 2.40. The van der Waals surface area contributed by atoms with Crippen molar-refractivity contribution in [1.82, 2.24) is 9.80 Å². The van der Waals surface area contributed by atoms with Gasteiger partial charge in [-0.15, -0.1) is 4.90 Å². The number of nitrogens with one attached hydrogen (secondary N) is 1. The van der Waals surface area contributed by atoms with Crippen LogP contribution in [-0.4, -0.2) is 63.8 Å². The van der Waals surface area contributed by atoms with E-state index in [0.717, 1.165) is 21.8 Å². The Labute approximate surface area is 317 Å². The number of ether oxygens (including phenoxy) is 2. The molecule has 2 aliphatic heterocycles. The van der Waals surface area contributed by atoms with Crippen LogP contribution in [0.3, 0.4) is 0 Å². The van der Waals surface area contributed by atoms with Crippen molar-refractivity contribution < 1.29 is 23.9 Å². The Balaban J connectivity index is 1.51. The lowest BCUT2D eigenvalue weighted by atomic mass is 10.2. The van der Waals surface area contributed by atoms with Crippen molar-refractivity contribution >= 4 is 75.5 Å². The van der Waals surface area contributed by atoms with E-state index in [1.54, 1.807) is 70.7 Å². The summed E-state index contributed by atoms with van der Waals surface area (Å²) >= 11 is 2.64. The average Bonchev–Trinajstić information content (AvgIpc) is 3.55. The van der Waals surface area contributed by atoms with Gasteiger partial charge >= 0.3 is 12.2 Å². The third-order valence-corrected chi connectivity index (χ3v) is 9.81. The number of rotatable bonds is 6. The number of anilines is 2. The number of imide groups is 1. The molecule has 13 nitrogen and oxygen atoms in total. The highest BCUT2D eigenvalue weighted by Crippen LogP contribution is 2.51. The summed E-state index contributed by atoms with van der Waals surface area (Å²) in [7, 11) is 1.87. The maximum atomic E-state index is 14.3. The Morgan fingerprint density at radius 3 is 2.23 bits per heavy atom. The highest BCUT2D eigenvalue weighted by molar-refractivity contribution is 8.19. The Bertz CT molecular complexity index is 2030. The Morgan fingerprint density at radius 1 is 0.962 bits per heavy atom. The van der Waals surface area contributed by atoms with Crippen LogP contribution in [0.2, 0.25) is 0 Å². The summed E-state index contributed by atoms with van der Waals surface area (Å²) < 4.78 is 10.9. The largest absolute Gasteiger partial charge is 0.443 e. The first-order valence-electron chi connectivity index (χ1n) is 16.8. The van der Waals surface area contributed by atoms with E-state index >= 15 is 0 Å². The van der Waals surface area contributed by atoms with Gasteiger partial charge in [-0.05, 0) is 102 Å². The molecule has 2 heterocycles. The van der Waals surface area contributed by atoms with Crippen molar-refractivity contribution in [2.45, 2.75) is 71.1 Å². The number of guanidine groups is 1. The van der Waals surface area contributed by atoms with Crippen LogP contribution >= 0.6 is 23.5 Å². The molecule has 3 aromatic rings. The molecule has 0 unspecified atom stereocenters. The molecule has 2 aliphatic rings. The predicted molar refractivity (Wildman–Crippen MR) is 210 cm³/mol. The van der Waals surface area contributed by atoms with Gasteiger partial charge in [0, 0.05) is 18.5 Å². The van der Waals surface area contributed by atoms with E-state index in [-0.39, 0.29) is 5.91 Å². The van der Waals surface area contributed by atoms with Crippen LogP contribution in [0.25, 0.3) is 0 Å². The molecule has 0 bridgehead atoms. The molecule has 0 spiro atoms. The minimum Gasteiger partial charge on any atom is -0.443 e. The first-order valence-corrected chi connectivity index (χ1v) is 18.4. The molecule has 5 rings (SSSR count). The maximum Gasteiger partial charge on any atom is 0.427 e. The molecule has 1 saturated heterocycles. The normalized spacial score (nSPS) is 16.8. The number of carbonyl (C=O) groups excluding carboxylic acids is 3. The van der Waals surface area contributed by atoms with Crippen LogP contribution in [0, 0.1) is 11.3 Å². The summed E-state index contributed by atoms with van der Waals surface area (Å²) in [5, 5.41) is 14.1. The standard InChI is InChI=1S/C38H42N8O5S2/c1-9-41-26-17-15-24(21-39)19-27(26)43-34-45(22-23-13-11-10-12-14-23)31(47)30(53-34)32-44(8)28-18-16-25(20-29(28)52-32)42-33(40)46(35(48)50-37(2,3)4)36(49)51-38(5,6)7/h10-20,41H,9,22H2,1-8H3,(H2,40,42). The van der Waals surface area contributed by atoms with E-state index in [4.69, 9.17) is 20.2 Å². The number of amidine groups is 1. The number of thioether (sulfide) groups is 2. The van der Waals surface area contributed by atoms with Gasteiger partial charge in [-0.25, -0.2) is 19.6 Å². The maximum absolute atomic E-state index is 14.3. The molecule has 0 saturated carbocycles. The summed E-state index contributed by atoms with van der Waals surface area (Å²) in [6, 6.07) is 22.4. The third kappa shape index (κ3) is 9.32. The topological polar surface area (TPSA) is 166 Å². The van der Waals surface area contributed by atoms with Crippen molar-refractivity contribution in [2.24, 2.45) is 15.7 Å². The zero-order valence-electron chi connectivity index (χ0n) is 30.9. The van der Waals surface area contributed by atoms with E-state index in [2.05, 4.69) is 16.4 Å². The van der Waals surface area contributed by atoms with E-state index in [1.807, 2.05) is 61.3 Å². The fourth-order valence-corrected chi connectivity index (χ4v) is 7.50. The fourth-order valence-electron chi connectivity index (χ4n) is 5.13. The number of hydrogen-bond donors (Lipinski definition) is 2. The molecule has 3 aromatic carbocycles. The second kappa shape index (κ2) is 15.6. The fraction of sp³-hybridized carbons (Fsp3) is 0.316. The van der Waals surface area contributed by atoms with Crippen molar-refractivity contribution in [3.05, 3.63) is 87.8 Å². The molecule has 1 fully saturated rings. The predicted octanol–water partition coefficient (Wildman–Crippen LogP) is 8.28. The van der Waals surface area contributed by atoms with Crippen LogP contribution in [0.15, 0.2) is 91.5 Å². The van der Waals surface area contributed by atoms with Gasteiger partial charge in [0.25, 0.3) is 5.91 Å². The van der Waals surface area contributed by atoms with Gasteiger partial charge in [-0.1, -0.05) is 42.1 Å². The summed E-state index contributed by atoms with van der Waals surface area (Å²) in [5.41, 5.74) is 8.30. The van der Waals surface area contributed by atoms with Gasteiger partial charge in [-0.2, -0.15) is 5.26 Å². The minimum absolute atomic E-state index is 0.214. The van der Waals surface area contributed by atoms with Crippen molar-refractivity contribution in [3.8, 4) is 6.07 Å². The molecule has 0 atom stereocenters. The van der Waals surface area contributed by atoms with Crippen molar-refractivity contribution in [1.29, 1.82) is 5.26 Å². The number of nitriles is 1. The van der Waals surface area contributed by atoms with Crippen LogP contribution in [0.5, 0.6) is 0 Å². The molecule has 15 heteroatoms. The summed E-state index contributed by atoms with van der Waals surface area (Å²) in [6.07, 6.45) is -2.05. The summed E-state index contributed by atoms with van der Waals surface area (Å²) in [6.45, 7) is 12.9. The monoisotopic (exact) mass is 754 g/mol. The third-order valence-electron chi connectivity index (χ3n) is 7.39. The number of benzene rings is 3. The van der Waals surface area contributed by atoms with Crippen molar-refractivity contribution in [2.75, 3.05) is 23.8 Å². The smallest absolute Gasteiger partial charge is 0.427 e.